The van der Waals surface area contributed by atoms with Crippen molar-refractivity contribution < 1.29 is 96.8 Å². The molecule has 0 radical (unpaired) electrons. The summed E-state index contributed by atoms with van der Waals surface area (Å²) in [4.78, 5) is 0. The molecule has 0 bridgehead atoms. The molecule has 7 heavy (non-hydrogen) atoms. The van der Waals surface area contributed by atoms with E-state index in [9.17, 15) is 0 Å². The van der Waals surface area contributed by atoms with Crippen molar-refractivity contribution in [3.05, 3.63) is 0 Å². The number of hydrogen-bond acceptors (Lipinski definition) is 3. The van der Waals surface area contributed by atoms with E-state index in [-0.39, 0.29) is 105 Å². The van der Waals surface area contributed by atoms with Gasteiger partial charge in [0, 0.05) is 81.7 Å². The van der Waals surface area contributed by atoms with E-state index in [2.05, 4.69) is 0 Å². The van der Waals surface area contributed by atoms with Gasteiger partial charge in [-0.15, -0.1) is 0 Å². The van der Waals surface area contributed by atoms with Crippen LogP contribution in [0.4, 0.5) is 0 Å². The van der Waals surface area contributed by atoms with Crippen molar-refractivity contribution in [3.63, 3.8) is 0 Å². The zero-order valence-electron chi connectivity index (χ0n) is 2.77. The van der Waals surface area contributed by atoms with Gasteiger partial charge in [-0.05, 0) is 0 Å². The summed E-state index contributed by atoms with van der Waals surface area (Å²) < 4.78 is 0. The first-order chi connectivity index (χ1) is 1.73. The fourth-order valence-electron chi connectivity index (χ4n) is 0. The van der Waals surface area contributed by atoms with Crippen LogP contribution in [0.15, 0.2) is 0 Å². The second-order valence-electron chi connectivity index (χ2n) is 0.346. The minimum Gasteiger partial charge on any atom is -0.402 e. The second-order valence-corrected chi connectivity index (χ2v) is 0.346. The average Bonchev–Trinajstić information content (AvgIpc) is 0.811. The van der Waals surface area contributed by atoms with Crippen molar-refractivity contribution in [1.82, 2.24) is 0 Å². The first kappa shape index (κ1) is 22.4. The predicted octanol–water partition coefficient (Wildman–Crippen LogP) is -2.97. The molecule has 0 saturated heterocycles. The largest absolute Gasteiger partial charge is 0.631 e. The molecule has 0 fully saturated rings. The van der Waals surface area contributed by atoms with Gasteiger partial charge in [-0.2, -0.15) is 0 Å². The van der Waals surface area contributed by atoms with Gasteiger partial charge < -0.3 is 15.1 Å². The maximum absolute atomic E-state index is 7.17. The maximum Gasteiger partial charge on any atom is 0.631 e. The Morgan fingerprint density at radius 2 is 1.00 bits per heavy atom. The van der Waals surface area contributed by atoms with Crippen LogP contribution in [0.5, 0.6) is 0 Å². The van der Waals surface area contributed by atoms with Crippen LogP contribution >= 0.6 is 0 Å². The number of hydrogen-bond donors (Lipinski definition) is 3. The van der Waals surface area contributed by atoms with Gasteiger partial charge in [-0.1, -0.05) is 0 Å². The SMILES string of the molecule is OB(O)O.[Ce].[Gd].[MgH2]. The van der Waals surface area contributed by atoms with Gasteiger partial charge >= 0.3 is 30.4 Å². The fraction of sp³-hybridized carbons (Fsp3) is 0. The molecule has 0 aliphatic carbocycles. The molecule has 7 heteroatoms. The zero-order chi connectivity index (χ0) is 3.58. The quantitative estimate of drug-likeness (QED) is 0.391. The van der Waals surface area contributed by atoms with E-state index in [1.54, 1.807) is 0 Å². The van der Waals surface area contributed by atoms with Gasteiger partial charge in [-0.25, -0.2) is 0 Å². The molecule has 0 unspecified atom stereocenters. The van der Waals surface area contributed by atoms with E-state index in [1.807, 2.05) is 0 Å². The Morgan fingerprint density at radius 3 is 1.00 bits per heavy atom. The summed E-state index contributed by atoms with van der Waals surface area (Å²) >= 11 is 0. The summed E-state index contributed by atoms with van der Waals surface area (Å²) in [6.07, 6.45) is 0. The molecule has 0 saturated carbocycles. The summed E-state index contributed by atoms with van der Waals surface area (Å²) in [5.41, 5.74) is 0. The number of rotatable bonds is 0. The maximum atomic E-state index is 7.17. The third kappa shape index (κ3) is 44.4. The molecular formula is H5BCeGdMgO3. The third-order valence-electron chi connectivity index (χ3n) is 0. The Hall–Kier alpha value is 3.41. The summed E-state index contributed by atoms with van der Waals surface area (Å²) in [6.45, 7) is 0. The summed E-state index contributed by atoms with van der Waals surface area (Å²) in [5, 5.41) is 21.5. The molecule has 0 aromatic rings. The fourth-order valence-corrected chi connectivity index (χ4v) is 0. The van der Waals surface area contributed by atoms with Crippen LogP contribution in [0.1, 0.15) is 0 Å². The van der Waals surface area contributed by atoms with Crippen LogP contribution in [0.3, 0.4) is 0 Å². The van der Waals surface area contributed by atoms with Gasteiger partial charge in [0.2, 0.25) is 0 Å². The summed E-state index contributed by atoms with van der Waals surface area (Å²) in [5.74, 6) is 0. The van der Waals surface area contributed by atoms with Gasteiger partial charge in [0.1, 0.15) is 0 Å². The first-order valence-electron chi connectivity index (χ1n) is 0.775. The molecule has 0 amide bonds. The molecule has 0 aromatic carbocycles. The molecule has 40 valence electrons. The van der Waals surface area contributed by atoms with Crippen LogP contribution < -0.4 is 0 Å². The van der Waals surface area contributed by atoms with Crippen LogP contribution in [0.2, 0.25) is 0 Å². The Kier molecular flexibility index (Phi) is 51.9. The van der Waals surface area contributed by atoms with Crippen LogP contribution in [-0.4, -0.2) is 45.4 Å². The molecule has 0 aliphatic heterocycles. The van der Waals surface area contributed by atoms with Crippen LogP contribution in [0, 0.1) is 81.7 Å². The van der Waals surface area contributed by atoms with Crippen LogP contribution in [-0.2, 0) is 0 Å². The standard InChI is InChI=1S/BH3O3.Ce.Gd.Mg.2H/c2-1(3)4;;;;;/h2-4H;;;;;. The monoisotopic (exact) mass is 386 g/mol. The van der Waals surface area contributed by atoms with Crippen molar-refractivity contribution in [2.45, 2.75) is 0 Å². The van der Waals surface area contributed by atoms with E-state index in [0.29, 0.717) is 0 Å². The molecule has 0 atom stereocenters. The first-order valence-corrected chi connectivity index (χ1v) is 0.775. The van der Waals surface area contributed by atoms with E-state index in [0.717, 1.165) is 0 Å². The van der Waals surface area contributed by atoms with E-state index >= 15 is 0 Å². The van der Waals surface area contributed by atoms with Gasteiger partial charge in [0.25, 0.3) is 0 Å². The smallest absolute Gasteiger partial charge is 0.402 e. The second kappa shape index (κ2) is 16.2. The van der Waals surface area contributed by atoms with E-state index < -0.39 is 7.32 Å². The van der Waals surface area contributed by atoms with Crippen molar-refractivity contribution in [2.24, 2.45) is 0 Å². The molecule has 0 spiro atoms. The predicted molar refractivity (Wildman–Crippen MR) is 21.0 cm³/mol. The zero-order valence-corrected chi connectivity index (χ0v) is 8.18. The molecule has 0 heterocycles. The van der Waals surface area contributed by atoms with Gasteiger partial charge in [0.15, 0.2) is 0 Å². The minimum absolute atomic E-state index is 0. The van der Waals surface area contributed by atoms with Crippen molar-refractivity contribution in [3.8, 4) is 0 Å². The molecule has 3 N–H and O–H groups in total. The summed E-state index contributed by atoms with van der Waals surface area (Å²) in [6, 6.07) is 0. The molecule has 0 rings (SSSR count). The Labute approximate surface area is 124 Å². The van der Waals surface area contributed by atoms with E-state index in [1.165, 1.54) is 0 Å². The Balaban J connectivity index is -0.0000000150. The Morgan fingerprint density at radius 1 is 1.00 bits per heavy atom. The average molecular weight is 386 g/mol. The van der Waals surface area contributed by atoms with Gasteiger partial charge in [0.05, 0.1) is 0 Å². The van der Waals surface area contributed by atoms with Crippen molar-refractivity contribution in [1.29, 1.82) is 0 Å². The van der Waals surface area contributed by atoms with Crippen molar-refractivity contribution in [2.75, 3.05) is 0 Å². The molecule has 3 nitrogen and oxygen atoms in total. The normalized spacial score (nSPS) is 3.86. The van der Waals surface area contributed by atoms with E-state index in [4.69, 9.17) is 15.1 Å². The molecular weight excluding hydrogens is 380 g/mol. The van der Waals surface area contributed by atoms with Gasteiger partial charge in [-0.3, -0.25) is 0 Å². The molecule has 0 aromatic heterocycles. The minimum atomic E-state index is -2.17. The topological polar surface area (TPSA) is 60.7 Å². The van der Waals surface area contributed by atoms with Crippen LogP contribution in [0.25, 0.3) is 0 Å². The summed E-state index contributed by atoms with van der Waals surface area (Å²) in [7, 11) is -2.17. The molecule has 0 aliphatic rings. The van der Waals surface area contributed by atoms with Crippen molar-refractivity contribution >= 4 is 30.4 Å². The third-order valence-corrected chi connectivity index (χ3v) is 0. The Bertz CT molecular complexity index is 19.7.